The number of benzene rings is 2. The molecule has 1 fully saturated rings. The van der Waals surface area contributed by atoms with Crippen molar-refractivity contribution in [1.82, 2.24) is 15.2 Å². The minimum absolute atomic E-state index is 0.0676. The van der Waals surface area contributed by atoms with Gasteiger partial charge in [0.1, 0.15) is 5.15 Å². The van der Waals surface area contributed by atoms with Crippen molar-refractivity contribution < 1.29 is 9.59 Å². The van der Waals surface area contributed by atoms with E-state index in [9.17, 15) is 9.59 Å². The van der Waals surface area contributed by atoms with Crippen LogP contribution in [0.5, 0.6) is 0 Å². The lowest BCUT2D eigenvalue weighted by Crippen LogP contribution is -2.51. The van der Waals surface area contributed by atoms with Gasteiger partial charge in [-0.25, -0.2) is 4.98 Å². The zero-order valence-electron chi connectivity index (χ0n) is 20.2. The van der Waals surface area contributed by atoms with E-state index < -0.39 is 5.41 Å². The number of aromatic nitrogens is 1. The Hall–Kier alpha value is -3.18. The van der Waals surface area contributed by atoms with Crippen molar-refractivity contribution in [2.75, 3.05) is 19.6 Å². The maximum absolute atomic E-state index is 13.6. The minimum Gasteiger partial charge on any atom is -0.355 e. The normalized spacial score (nSPS) is 15.0. The highest BCUT2D eigenvalue weighted by Gasteiger charge is 2.42. The quantitative estimate of drug-likeness (QED) is 0.446. The molecule has 2 heterocycles. The molecule has 5 nitrogen and oxygen atoms in total. The molecule has 0 saturated carbocycles. The first-order chi connectivity index (χ1) is 17.0. The van der Waals surface area contributed by atoms with Gasteiger partial charge < -0.3 is 10.2 Å². The van der Waals surface area contributed by atoms with E-state index in [-0.39, 0.29) is 17.0 Å². The lowest BCUT2D eigenvalue weighted by Gasteiger charge is -2.41. The number of hydrogen-bond donors (Lipinski definition) is 1. The van der Waals surface area contributed by atoms with Gasteiger partial charge in [-0.05, 0) is 60.9 Å². The summed E-state index contributed by atoms with van der Waals surface area (Å²) in [5.74, 6) is -0.0645. The van der Waals surface area contributed by atoms with Crippen LogP contribution < -0.4 is 5.32 Å². The van der Waals surface area contributed by atoms with Gasteiger partial charge >= 0.3 is 0 Å². The van der Waals surface area contributed by atoms with Crippen molar-refractivity contribution in [2.24, 2.45) is 5.41 Å². The van der Waals surface area contributed by atoms with Crippen LogP contribution in [0.1, 0.15) is 46.8 Å². The van der Waals surface area contributed by atoms with E-state index in [0.29, 0.717) is 44.5 Å². The van der Waals surface area contributed by atoms with Crippen LogP contribution in [0.3, 0.4) is 0 Å². The number of carbonyl (C=O) groups is 2. The van der Waals surface area contributed by atoms with Crippen LogP contribution in [-0.4, -0.2) is 41.3 Å². The average molecular weight is 490 g/mol. The zero-order valence-corrected chi connectivity index (χ0v) is 20.9. The first-order valence-corrected chi connectivity index (χ1v) is 12.7. The Morgan fingerprint density at radius 3 is 2.29 bits per heavy atom. The number of carbonyl (C=O) groups excluding carboxylic acids is 2. The number of rotatable bonds is 8. The number of nitrogens with zero attached hydrogens (tertiary/aromatic N) is 2. The third-order valence-corrected chi connectivity index (χ3v) is 7.30. The summed E-state index contributed by atoms with van der Waals surface area (Å²) in [6.07, 6.45) is 5.24. The smallest absolute Gasteiger partial charge is 0.256 e. The summed E-state index contributed by atoms with van der Waals surface area (Å²) in [6, 6.07) is 22.1. The lowest BCUT2D eigenvalue weighted by atomic mass is 9.72. The molecule has 6 heteroatoms. The predicted octanol–water partition coefficient (Wildman–Crippen LogP) is 5.12. The average Bonchev–Trinajstić information content (AvgIpc) is 2.90. The summed E-state index contributed by atoms with van der Waals surface area (Å²) in [5.41, 5.74) is 3.51. The molecule has 1 saturated heterocycles. The van der Waals surface area contributed by atoms with E-state index in [0.717, 1.165) is 18.4 Å². The van der Waals surface area contributed by atoms with Crippen LogP contribution in [0.15, 0.2) is 72.9 Å². The Morgan fingerprint density at radius 2 is 1.63 bits per heavy atom. The summed E-state index contributed by atoms with van der Waals surface area (Å²) in [7, 11) is 0. The Kier molecular flexibility index (Phi) is 8.19. The number of nitrogens with one attached hydrogen (secondary N) is 1. The summed E-state index contributed by atoms with van der Waals surface area (Å²) in [6.45, 7) is 3.74. The minimum atomic E-state index is -0.553. The fourth-order valence-corrected chi connectivity index (χ4v) is 4.97. The molecule has 182 valence electrons. The molecule has 4 rings (SSSR count). The predicted molar refractivity (Wildman–Crippen MR) is 139 cm³/mol. The standard InChI is InChI=1S/C29H32ClN3O2/c1-2-22-10-12-23(13-11-22)14-18-32-28(35)29(21-24-7-4-3-5-8-24)15-19-33(20-16-29)27(34)25-9-6-17-31-26(25)30/h3-13,17H,2,14-16,18-21H2,1H3,(H,32,35). The molecule has 35 heavy (non-hydrogen) atoms. The van der Waals surface area contributed by atoms with Crippen molar-refractivity contribution in [3.05, 3.63) is 100 Å². The summed E-state index contributed by atoms with van der Waals surface area (Å²) >= 11 is 6.15. The molecule has 0 aliphatic carbocycles. The van der Waals surface area contributed by atoms with Crippen molar-refractivity contribution in [3.8, 4) is 0 Å². The monoisotopic (exact) mass is 489 g/mol. The van der Waals surface area contributed by atoms with Crippen LogP contribution in [0.25, 0.3) is 0 Å². The summed E-state index contributed by atoms with van der Waals surface area (Å²) in [4.78, 5) is 32.4. The molecule has 2 amide bonds. The maximum Gasteiger partial charge on any atom is 0.256 e. The second kappa shape index (κ2) is 11.5. The van der Waals surface area contributed by atoms with Gasteiger partial charge in [0.15, 0.2) is 0 Å². The van der Waals surface area contributed by atoms with Gasteiger partial charge in [0.05, 0.1) is 11.0 Å². The number of halogens is 1. The second-order valence-corrected chi connectivity index (χ2v) is 9.61. The van der Waals surface area contributed by atoms with Crippen molar-refractivity contribution in [3.63, 3.8) is 0 Å². The van der Waals surface area contributed by atoms with Gasteiger partial charge in [-0.3, -0.25) is 9.59 Å². The van der Waals surface area contributed by atoms with E-state index in [4.69, 9.17) is 11.6 Å². The molecule has 2 aromatic carbocycles. The highest BCUT2D eigenvalue weighted by Crippen LogP contribution is 2.36. The highest BCUT2D eigenvalue weighted by molar-refractivity contribution is 6.32. The Morgan fingerprint density at radius 1 is 0.943 bits per heavy atom. The summed E-state index contributed by atoms with van der Waals surface area (Å²) in [5, 5.41) is 3.41. The van der Waals surface area contributed by atoms with Gasteiger partial charge in [0.2, 0.25) is 5.91 Å². The largest absolute Gasteiger partial charge is 0.355 e. The first kappa shape index (κ1) is 24.9. The Labute approximate surface area is 212 Å². The third-order valence-electron chi connectivity index (χ3n) is 6.99. The molecule has 0 unspecified atom stereocenters. The number of pyridine rings is 1. The van der Waals surface area contributed by atoms with Gasteiger partial charge in [0, 0.05) is 25.8 Å². The van der Waals surface area contributed by atoms with Crippen LogP contribution >= 0.6 is 11.6 Å². The van der Waals surface area contributed by atoms with E-state index >= 15 is 0 Å². The molecule has 0 spiro atoms. The Bertz CT molecular complexity index is 1140. The number of aryl methyl sites for hydroxylation is 1. The van der Waals surface area contributed by atoms with Crippen LogP contribution in [0, 0.1) is 5.41 Å². The molecule has 3 aromatic rings. The first-order valence-electron chi connectivity index (χ1n) is 12.3. The number of hydrogen-bond acceptors (Lipinski definition) is 3. The zero-order chi connectivity index (χ0) is 24.7. The topological polar surface area (TPSA) is 62.3 Å². The number of amides is 2. The fourth-order valence-electron chi connectivity index (χ4n) is 4.77. The number of piperidine rings is 1. The molecule has 0 atom stereocenters. The van der Waals surface area contributed by atoms with Crippen molar-refractivity contribution >= 4 is 23.4 Å². The van der Waals surface area contributed by atoms with Gasteiger partial charge in [-0.15, -0.1) is 0 Å². The van der Waals surface area contributed by atoms with Crippen LogP contribution in [0.4, 0.5) is 0 Å². The molecule has 1 aromatic heterocycles. The van der Waals surface area contributed by atoms with Crippen molar-refractivity contribution in [2.45, 2.75) is 39.0 Å². The molecule has 1 aliphatic rings. The van der Waals surface area contributed by atoms with E-state index in [1.165, 1.54) is 11.1 Å². The number of likely N-dealkylation sites (tertiary alicyclic amines) is 1. The highest BCUT2D eigenvalue weighted by atomic mass is 35.5. The fraction of sp³-hybridized carbons (Fsp3) is 0.345. The van der Waals surface area contributed by atoms with Crippen LogP contribution in [-0.2, 0) is 24.1 Å². The second-order valence-electron chi connectivity index (χ2n) is 9.25. The SMILES string of the molecule is CCc1ccc(CCNC(=O)C2(Cc3ccccc3)CCN(C(=O)c3cccnc3Cl)CC2)cc1. The van der Waals surface area contributed by atoms with E-state index in [2.05, 4.69) is 53.6 Å². The molecular formula is C29H32ClN3O2. The Balaban J connectivity index is 1.43. The van der Waals surface area contributed by atoms with Crippen molar-refractivity contribution in [1.29, 1.82) is 0 Å². The maximum atomic E-state index is 13.6. The van der Waals surface area contributed by atoms with Crippen LogP contribution in [0.2, 0.25) is 5.15 Å². The third kappa shape index (κ3) is 6.09. The van der Waals surface area contributed by atoms with Gasteiger partial charge in [0.25, 0.3) is 5.91 Å². The van der Waals surface area contributed by atoms with Gasteiger partial charge in [-0.2, -0.15) is 0 Å². The lowest BCUT2D eigenvalue weighted by molar-refractivity contribution is -0.133. The molecular weight excluding hydrogens is 458 g/mol. The molecule has 0 bridgehead atoms. The molecule has 1 N–H and O–H groups in total. The van der Waals surface area contributed by atoms with E-state index in [1.54, 1.807) is 23.2 Å². The molecule has 0 radical (unpaired) electrons. The van der Waals surface area contributed by atoms with E-state index in [1.807, 2.05) is 18.2 Å². The summed E-state index contributed by atoms with van der Waals surface area (Å²) < 4.78 is 0. The molecule has 1 aliphatic heterocycles. The van der Waals surface area contributed by atoms with Gasteiger partial charge in [-0.1, -0.05) is 73.1 Å².